The van der Waals surface area contributed by atoms with E-state index in [1.165, 1.54) is 0 Å². The van der Waals surface area contributed by atoms with E-state index >= 15 is 0 Å². The Hall–Kier alpha value is -1.33. The van der Waals surface area contributed by atoms with Crippen molar-refractivity contribution in [2.75, 3.05) is 5.88 Å². The lowest BCUT2D eigenvalue weighted by atomic mass is 10.0. The lowest BCUT2D eigenvalue weighted by molar-refractivity contribution is -0.116. The molecule has 14 heavy (non-hydrogen) atoms. The number of benzene rings is 1. The third kappa shape index (κ3) is 2.58. The molecule has 0 aliphatic rings. The number of ketones is 1. The van der Waals surface area contributed by atoms with Crippen LogP contribution in [-0.4, -0.2) is 11.7 Å². The summed E-state index contributed by atoms with van der Waals surface area (Å²) in [5, 5.41) is 8.68. The van der Waals surface area contributed by atoms with E-state index in [1.54, 1.807) is 12.1 Å². The minimum absolute atomic E-state index is 0.0233. The van der Waals surface area contributed by atoms with Crippen molar-refractivity contribution in [2.45, 2.75) is 13.3 Å². The lowest BCUT2D eigenvalue weighted by Gasteiger charge is -2.03. The molecule has 0 atom stereocenters. The van der Waals surface area contributed by atoms with Gasteiger partial charge in [0.1, 0.15) is 0 Å². The SMILES string of the molecule is Cc1ccc(C#N)cc1CC(=O)CCl. The highest BCUT2D eigenvalue weighted by atomic mass is 35.5. The Morgan fingerprint density at radius 3 is 2.86 bits per heavy atom. The lowest BCUT2D eigenvalue weighted by Crippen LogP contribution is -2.05. The van der Waals surface area contributed by atoms with Crippen molar-refractivity contribution in [1.82, 2.24) is 0 Å². The molecule has 1 rings (SSSR count). The number of hydrogen-bond donors (Lipinski definition) is 0. The van der Waals surface area contributed by atoms with Crippen molar-refractivity contribution in [2.24, 2.45) is 0 Å². The van der Waals surface area contributed by atoms with Gasteiger partial charge in [0.15, 0.2) is 5.78 Å². The number of Topliss-reactive ketones (excluding diaryl/α,β-unsaturated/α-hetero) is 1. The number of nitriles is 1. The Kier molecular flexibility index (Phi) is 3.67. The van der Waals surface area contributed by atoms with Crippen LogP contribution in [0.15, 0.2) is 18.2 Å². The molecule has 0 spiro atoms. The number of carbonyl (C=O) groups is 1. The number of carbonyl (C=O) groups excluding carboxylic acids is 1. The van der Waals surface area contributed by atoms with Crippen LogP contribution in [0.25, 0.3) is 0 Å². The van der Waals surface area contributed by atoms with E-state index in [-0.39, 0.29) is 11.7 Å². The number of nitrogens with zero attached hydrogens (tertiary/aromatic N) is 1. The fourth-order valence-electron chi connectivity index (χ4n) is 1.19. The van der Waals surface area contributed by atoms with E-state index in [9.17, 15) is 4.79 Å². The minimum atomic E-state index is -0.0233. The van der Waals surface area contributed by atoms with E-state index in [1.807, 2.05) is 19.1 Å². The zero-order valence-electron chi connectivity index (χ0n) is 7.88. The summed E-state index contributed by atoms with van der Waals surface area (Å²) >= 11 is 5.41. The molecule has 0 saturated carbocycles. The summed E-state index contributed by atoms with van der Waals surface area (Å²) in [5.74, 6) is 0.000748. The van der Waals surface area contributed by atoms with E-state index in [2.05, 4.69) is 0 Å². The highest BCUT2D eigenvalue weighted by molar-refractivity contribution is 6.27. The topological polar surface area (TPSA) is 40.9 Å². The highest BCUT2D eigenvalue weighted by Crippen LogP contribution is 2.11. The van der Waals surface area contributed by atoms with Crippen molar-refractivity contribution >= 4 is 17.4 Å². The van der Waals surface area contributed by atoms with Gasteiger partial charge in [-0.25, -0.2) is 0 Å². The van der Waals surface area contributed by atoms with Crippen LogP contribution >= 0.6 is 11.6 Å². The maximum absolute atomic E-state index is 11.1. The first-order chi connectivity index (χ1) is 6.67. The van der Waals surface area contributed by atoms with Crippen molar-refractivity contribution in [3.05, 3.63) is 34.9 Å². The molecule has 1 aromatic rings. The van der Waals surface area contributed by atoms with Gasteiger partial charge < -0.3 is 0 Å². The van der Waals surface area contributed by atoms with Crippen molar-refractivity contribution in [3.63, 3.8) is 0 Å². The Morgan fingerprint density at radius 1 is 1.57 bits per heavy atom. The van der Waals surface area contributed by atoms with Gasteiger partial charge in [-0.15, -0.1) is 11.6 Å². The molecular formula is C11H10ClNO. The van der Waals surface area contributed by atoms with Crippen LogP contribution in [0.4, 0.5) is 0 Å². The predicted molar refractivity (Wildman–Crippen MR) is 55.3 cm³/mol. The van der Waals surface area contributed by atoms with E-state index in [4.69, 9.17) is 16.9 Å². The van der Waals surface area contributed by atoms with Crippen LogP contribution in [0.5, 0.6) is 0 Å². The maximum atomic E-state index is 11.1. The number of hydrogen-bond acceptors (Lipinski definition) is 2. The molecule has 0 unspecified atom stereocenters. The van der Waals surface area contributed by atoms with Gasteiger partial charge in [0, 0.05) is 6.42 Å². The minimum Gasteiger partial charge on any atom is -0.298 e. The molecule has 0 fully saturated rings. The molecule has 0 radical (unpaired) electrons. The average Bonchev–Trinajstić information content (AvgIpc) is 2.21. The van der Waals surface area contributed by atoms with Crippen LogP contribution in [0, 0.1) is 18.3 Å². The van der Waals surface area contributed by atoms with Crippen LogP contribution in [-0.2, 0) is 11.2 Å². The first kappa shape index (κ1) is 10.7. The van der Waals surface area contributed by atoms with Gasteiger partial charge in [-0.3, -0.25) is 4.79 Å². The van der Waals surface area contributed by atoms with Crippen molar-refractivity contribution in [1.29, 1.82) is 5.26 Å². The zero-order valence-corrected chi connectivity index (χ0v) is 8.64. The van der Waals surface area contributed by atoms with Gasteiger partial charge >= 0.3 is 0 Å². The summed E-state index contributed by atoms with van der Waals surface area (Å²) in [6, 6.07) is 7.36. The van der Waals surface area contributed by atoms with Gasteiger partial charge in [0.25, 0.3) is 0 Å². The smallest absolute Gasteiger partial charge is 0.151 e. The molecule has 72 valence electrons. The Bertz CT molecular complexity index is 393. The Morgan fingerprint density at radius 2 is 2.29 bits per heavy atom. The largest absolute Gasteiger partial charge is 0.298 e. The van der Waals surface area contributed by atoms with E-state index in [0.29, 0.717) is 12.0 Å². The molecule has 0 aromatic heterocycles. The summed E-state index contributed by atoms with van der Waals surface area (Å²) in [4.78, 5) is 11.1. The summed E-state index contributed by atoms with van der Waals surface area (Å²) in [6.45, 7) is 1.91. The van der Waals surface area contributed by atoms with Crippen LogP contribution < -0.4 is 0 Å². The Labute approximate surface area is 88.1 Å². The maximum Gasteiger partial charge on any atom is 0.151 e. The molecule has 2 nitrogen and oxygen atoms in total. The van der Waals surface area contributed by atoms with E-state index < -0.39 is 0 Å². The second kappa shape index (κ2) is 4.78. The van der Waals surface area contributed by atoms with Crippen LogP contribution in [0.3, 0.4) is 0 Å². The fourth-order valence-corrected chi connectivity index (χ4v) is 1.29. The predicted octanol–water partition coefficient (Wildman–Crippen LogP) is 2.22. The number of rotatable bonds is 3. The molecule has 0 aliphatic carbocycles. The standard InChI is InChI=1S/C11H10ClNO/c1-8-2-3-9(7-13)4-10(8)5-11(14)6-12/h2-4H,5-6H2,1H3. The third-order valence-electron chi connectivity index (χ3n) is 2.01. The van der Waals surface area contributed by atoms with Gasteiger partial charge in [-0.2, -0.15) is 5.26 Å². The van der Waals surface area contributed by atoms with Crippen molar-refractivity contribution in [3.8, 4) is 6.07 Å². The molecule has 0 heterocycles. The quantitative estimate of drug-likeness (QED) is 0.714. The second-order valence-corrected chi connectivity index (χ2v) is 3.37. The Balaban J connectivity index is 2.96. The third-order valence-corrected chi connectivity index (χ3v) is 2.31. The molecule has 0 aliphatic heterocycles. The van der Waals surface area contributed by atoms with Gasteiger partial charge in [-0.1, -0.05) is 6.07 Å². The summed E-state index contributed by atoms with van der Waals surface area (Å²) in [6.07, 6.45) is 0.310. The molecular weight excluding hydrogens is 198 g/mol. The van der Waals surface area contributed by atoms with Gasteiger partial charge in [0.2, 0.25) is 0 Å². The summed E-state index contributed by atoms with van der Waals surface area (Å²) in [5.41, 5.74) is 2.48. The molecule has 0 N–H and O–H groups in total. The molecule has 0 amide bonds. The average molecular weight is 208 g/mol. The number of halogens is 1. The monoisotopic (exact) mass is 207 g/mol. The molecule has 1 aromatic carbocycles. The van der Waals surface area contributed by atoms with Gasteiger partial charge in [0.05, 0.1) is 17.5 Å². The molecule has 0 bridgehead atoms. The second-order valence-electron chi connectivity index (χ2n) is 3.10. The summed E-state index contributed by atoms with van der Waals surface area (Å²) in [7, 11) is 0. The van der Waals surface area contributed by atoms with E-state index in [0.717, 1.165) is 11.1 Å². The molecule has 3 heteroatoms. The van der Waals surface area contributed by atoms with Crippen LogP contribution in [0.1, 0.15) is 16.7 Å². The first-order valence-corrected chi connectivity index (χ1v) is 4.78. The number of alkyl halides is 1. The number of aryl methyl sites for hydroxylation is 1. The normalized spacial score (nSPS) is 9.50. The fraction of sp³-hybridized carbons (Fsp3) is 0.273. The first-order valence-electron chi connectivity index (χ1n) is 4.24. The summed E-state index contributed by atoms with van der Waals surface area (Å²) < 4.78 is 0. The van der Waals surface area contributed by atoms with Crippen LogP contribution in [0.2, 0.25) is 0 Å². The van der Waals surface area contributed by atoms with Gasteiger partial charge in [-0.05, 0) is 30.2 Å². The molecule has 0 saturated heterocycles. The highest BCUT2D eigenvalue weighted by Gasteiger charge is 2.05. The van der Waals surface area contributed by atoms with Crippen molar-refractivity contribution < 1.29 is 4.79 Å². The zero-order chi connectivity index (χ0) is 10.6.